The predicted octanol–water partition coefficient (Wildman–Crippen LogP) is 7.18. The molecule has 1 amide bonds. The highest BCUT2D eigenvalue weighted by Crippen LogP contribution is 2.52. The van der Waals surface area contributed by atoms with Gasteiger partial charge in [-0.2, -0.15) is 0 Å². The number of benzene rings is 2. The first-order valence-electron chi connectivity index (χ1n) is 11.9. The molecule has 1 saturated heterocycles. The molecule has 1 heterocycles. The van der Waals surface area contributed by atoms with Crippen LogP contribution in [-0.2, 0) is 14.4 Å². The summed E-state index contributed by atoms with van der Waals surface area (Å²) in [5.41, 5.74) is 1.12. The molecule has 0 saturated carbocycles. The van der Waals surface area contributed by atoms with Crippen molar-refractivity contribution in [2.24, 2.45) is 5.41 Å². The van der Waals surface area contributed by atoms with Crippen LogP contribution in [-0.4, -0.2) is 28.4 Å². The van der Waals surface area contributed by atoms with E-state index in [1.54, 1.807) is 0 Å². The fourth-order valence-corrected chi connectivity index (χ4v) is 5.73. The molecule has 182 valence electrons. The quantitative estimate of drug-likeness (QED) is 0.341. The number of halogens is 2. The van der Waals surface area contributed by atoms with Crippen LogP contribution in [0.4, 0.5) is 0 Å². The number of amides is 1. The van der Waals surface area contributed by atoms with Gasteiger partial charge in [-0.1, -0.05) is 68.2 Å². The topological polar surface area (TPSA) is 54.5 Å². The smallest absolute Gasteiger partial charge is 0.229 e. The van der Waals surface area contributed by atoms with E-state index in [1.165, 1.54) is 6.92 Å². The fraction of sp³-hybridized carbons (Fsp3) is 0.464. The van der Waals surface area contributed by atoms with Crippen LogP contribution in [0.25, 0.3) is 0 Å². The highest BCUT2D eigenvalue weighted by atomic mass is 35.5. The molecule has 1 aliphatic rings. The summed E-state index contributed by atoms with van der Waals surface area (Å²) in [5, 5.41) is 1.27. The Labute approximate surface area is 212 Å². The van der Waals surface area contributed by atoms with Crippen LogP contribution >= 0.6 is 23.2 Å². The second-order valence-electron chi connectivity index (χ2n) is 9.70. The van der Waals surface area contributed by atoms with Gasteiger partial charge in [-0.15, -0.1) is 0 Å². The lowest BCUT2D eigenvalue weighted by Gasteiger charge is -2.52. The van der Waals surface area contributed by atoms with Gasteiger partial charge in [-0.25, -0.2) is 0 Å². The second-order valence-corrected chi connectivity index (χ2v) is 10.6. The average molecular weight is 502 g/mol. The number of nitrogens with zero attached hydrogens (tertiary/aromatic N) is 1. The summed E-state index contributed by atoms with van der Waals surface area (Å²) >= 11 is 12.6. The fourth-order valence-electron chi connectivity index (χ4n) is 5.40. The molecular weight excluding hydrogens is 469 g/mol. The van der Waals surface area contributed by atoms with Gasteiger partial charge in [-0.05, 0) is 61.6 Å². The van der Waals surface area contributed by atoms with Gasteiger partial charge in [0.1, 0.15) is 11.6 Å². The van der Waals surface area contributed by atoms with E-state index in [1.807, 2.05) is 60.4 Å². The van der Waals surface area contributed by atoms with E-state index in [-0.39, 0.29) is 48.3 Å². The number of carbonyl (C=O) groups excluding carboxylic acids is 3. The number of ketones is 2. The molecule has 2 aromatic rings. The van der Waals surface area contributed by atoms with Crippen LogP contribution in [0.3, 0.4) is 0 Å². The zero-order valence-corrected chi connectivity index (χ0v) is 21.8. The number of rotatable bonds is 9. The van der Waals surface area contributed by atoms with Gasteiger partial charge in [-0.3, -0.25) is 14.4 Å². The van der Waals surface area contributed by atoms with Gasteiger partial charge < -0.3 is 4.90 Å². The van der Waals surface area contributed by atoms with Crippen molar-refractivity contribution in [2.45, 2.75) is 77.8 Å². The SMILES string of the molecule is CCC(CC)N1C(=O)[C@@](C)(CC(=O)CC(C)=O)C[C@H](c2cccc(Cl)c2)[C@H]1c1ccc(Cl)cc1. The second kappa shape index (κ2) is 11.0. The van der Waals surface area contributed by atoms with Crippen LogP contribution in [0, 0.1) is 5.41 Å². The maximum absolute atomic E-state index is 14.2. The number of likely N-dealkylation sites (tertiary alicyclic amines) is 1. The van der Waals surface area contributed by atoms with Crippen LogP contribution in [0.1, 0.15) is 82.9 Å². The number of carbonyl (C=O) groups is 3. The molecule has 0 unspecified atom stereocenters. The first-order chi connectivity index (χ1) is 16.1. The Hall–Kier alpha value is -2.17. The van der Waals surface area contributed by atoms with Crippen LogP contribution in [0.5, 0.6) is 0 Å². The van der Waals surface area contributed by atoms with Crippen molar-refractivity contribution in [1.82, 2.24) is 4.90 Å². The summed E-state index contributed by atoms with van der Waals surface area (Å²) in [6.07, 6.45) is 1.99. The molecule has 1 fully saturated rings. The standard InChI is InChI=1S/C28H33Cl2NO3/c1-5-23(6-2)31-26(19-10-12-21(29)13-11-19)25(20-8-7-9-22(30)15-20)17-28(4,27(31)34)16-24(33)14-18(3)32/h7-13,15,23,25-26H,5-6,14,16-17H2,1-4H3/t25-,26-,28+/m1/s1. The maximum atomic E-state index is 14.2. The van der Waals surface area contributed by atoms with Crippen molar-refractivity contribution < 1.29 is 14.4 Å². The van der Waals surface area contributed by atoms with E-state index in [0.29, 0.717) is 16.5 Å². The molecule has 0 radical (unpaired) electrons. The van der Waals surface area contributed by atoms with Crippen LogP contribution in [0.15, 0.2) is 48.5 Å². The molecule has 0 bridgehead atoms. The zero-order valence-electron chi connectivity index (χ0n) is 20.3. The molecule has 3 atom stereocenters. The molecule has 3 rings (SSSR count). The van der Waals surface area contributed by atoms with Crippen molar-refractivity contribution in [3.8, 4) is 0 Å². The Morgan fingerprint density at radius 1 is 1.03 bits per heavy atom. The van der Waals surface area contributed by atoms with Gasteiger partial charge in [0.2, 0.25) is 5.91 Å². The Morgan fingerprint density at radius 2 is 1.68 bits per heavy atom. The number of hydrogen-bond donors (Lipinski definition) is 0. The van der Waals surface area contributed by atoms with Crippen molar-refractivity contribution >= 4 is 40.7 Å². The monoisotopic (exact) mass is 501 g/mol. The minimum atomic E-state index is -0.912. The van der Waals surface area contributed by atoms with Crippen molar-refractivity contribution in [3.63, 3.8) is 0 Å². The Morgan fingerprint density at radius 3 is 2.24 bits per heavy atom. The number of hydrogen-bond acceptors (Lipinski definition) is 3. The molecule has 2 aromatic carbocycles. The van der Waals surface area contributed by atoms with Crippen molar-refractivity contribution in [3.05, 3.63) is 69.7 Å². The van der Waals surface area contributed by atoms with E-state index >= 15 is 0 Å². The average Bonchev–Trinajstić information content (AvgIpc) is 2.77. The number of Topliss-reactive ketones (excluding diaryl/α,β-unsaturated/α-hetero) is 2. The third-order valence-corrected chi connectivity index (χ3v) is 7.45. The minimum Gasteiger partial charge on any atom is -0.332 e. The molecule has 0 N–H and O–H groups in total. The highest BCUT2D eigenvalue weighted by molar-refractivity contribution is 6.30. The summed E-state index contributed by atoms with van der Waals surface area (Å²) in [7, 11) is 0. The highest BCUT2D eigenvalue weighted by Gasteiger charge is 2.51. The third-order valence-electron chi connectivity index (χ3n) is 6.96. The van der Waals surface area contributed by atoms with E-state index in [4.69, 9.17) is 23.2 Å². The Kier molecular flexibility index (Phi) is 8.59. The van der Waals surface area contributed by atoms with Crippen molar-refractivity contribution in [1.29, 1.82) is 0 Å². The molecule has 6 heteroatoms. The molecule has 4 nitrogen and oxygen atoms in total. The van der Waals surface area contributed by atoms with Gasteiger partial charge in [0, 0.05) is 28.4 Å². The Balaban J connectivity index is 2.18. The Bertz CT molecular complexity index is 1050. The summed E-state index contributed by atoms with van der Waals surface area (Å²) in [4.78, 5) is 40.5. The van der Waals surface area contributed by atoms with Gasteiger partial charge in [0.25, 0.3) is 0 Å². The summed E-state index contributed by atoms with van der Waals surface area (Å²) in [5.74, 6) is -0.480. The van der Waals surface area contributed by atoms with Gasteiger partial charge in [0.15, 0.2) is 0 Å². The normalized spacial score (nSPS) is 22.8. The van der Waals surface area contributed by atoms with Crippen molar-refractivity contribution in [2.75, 3.05) is 0 Å². The molecule has 0 spiro atoms. The van der Waals surface area contributed by atoms with E-state index in [0.717, 1.165) is 24.0 Å². The first kappa shape index (κ1) is 26.4. The third kappa shape index (κ3) is 5.72. The minimum absolute atomic E-state index is 0.0115. The van der Waals surface area contributed by atoms with E-state index in [2.05, 4.69) is 13.8 Å². The van der Waals surface area contributed by atoms with Crippen LogP contribution < -0.4 is 0 Å². The van der Waals surface area contributed by atoms with E-state index in [9.17, 15) is 14.4 Å². The molecule has 34 heavy (non-hydrogen) atoms. The molecular formula is C28H33Cl2NO3. The molecule has 0 aromatic heterocycles. The molecule has 0 aliphatic carbocycles. The lowest BCUT2D eigenvalue weighted by Crippen LogP contribution is -2.56. The van der Waals surface area contributed by atoms with Gasteiger partial charge >= 0.3 is 0 Å². The van der Waals surface area contributed by atoms with Gasteiger partial charge in [0.05, 0.1) is 17.9 Å². The number of piperidine rings is 1. The maximum Gasteiger partial charge on any atom is 0.229 e. The summed E-state index contributed by atoms with van der Waals surface area (Å²) in [6.45, 7) is 7.45. The summed E-state index contributed by atoms with van der Waals surface area (Å²) in [6, 6.07) is 15.2. The largest absolute Gasteiger partial charge is 0.332 e. The lowest BCUT2D eigenvalue weighted by atomic mass is 9.66. The first-order valence-corrected chi connectivity index (χ1v) is 12.7. The summed E-state index contributed by atoms with van der Waals surface area (Å²) < 4.78 is 0. The van der Waals surface area contributed by atoms with E-state index < -0.39 is 5.41 Å². The lowest BCUT2D eigenvalue weighted by molar-refractivity contribution is -0.157. The van der Waals surface area contributed by atoms with Crippen LogP contribution in [0.2, 0.25) is 10.0 Å². The predicted molar refractivity (Wildman–Crippen MR) is 137 cm³/mol. The molecule has 1 aliphatic heterocycles. The zero-order chi connectivity index (χ0) is 25.0.